The van der Waals surface area contributed by atoms with E-state index in [1.807, 2.05) is 0 Å². The molecule has 3 heteroatoms. The lowest BCUT2D eigenvalue weighted by atomic mass is 10.0. The molecule has 0 amide bonds. The zero-order valence-electron chi connectivity index (χ0n) is 8.01. The van der Waals surface area contributed by atoms with Gasteiger partial charge in [-0.15, -0.1) is 0 Å². The Morgan fingerprint density at radius 3 is 2.75 bits per heavy atom. The van der Waals surface area contributed by atoms with Gasteiger partial charge < -0.3 is 15.7 Å². The van der Waals surface area contributed by atoms with Gasteiger partial charge in [0.25, 0.3) is 0 Å². The van der Waals surface area contributed by atoms with Crippen molar-refractivity contribution < 1.29 is 5.11 Å². The molecule has 0 aromatic heterocycles. The summed E-state index contributed by atoms with van der Waals surface area (Å²) >= 11 is 0. The largest absolute Gasteiger partial charge is 0.395 e. The fourth-order valence-corrected chi connectivity index (χ4v) is 1.56. The topological polar surface area (TPSA) is 44.3 Å². The van der Waals surface area contributed by atoms with E-state index in [-0.39, 0.29) is 12.6 Å². The van der Waals surface area contributed by atoms with Crippen LogP contribution in [0.15, 0.2) is 0 Å². The van der Waals surface area contributed by atoms with Gasteiger partial charge in [-0.2, -0.15) is 0 Å². The minimum Gasteiger partial charge on any atom is -0.395 e. The molecule has 1 aliphatic rings. The van der Waals surface area contributed by atoms with Crippen LogP contribution in [0.3, 0.4) is 0 Å². The maximum atomic E-state index is 9.07. The number of hydrogen-bond donors (Lipinski definition) is 3. The molecule has 1 unspecified atom stereocenters. The molecule has 12 heavy (non-hydrogen) atoms. The molecule has 0 aromatic carbocycles. The van der Waals surface area contributed by atoms with Crippen LogP contribution in [0.25, 0.3) is 0 Å². The van der Waals surface area contributed by atoms with E-state index in [9.17, 15) is 0 Å². The van der Waals surface area contributed by atoms with E-state index in [1.54, 1.807) is 0 Å². The highest BCUT2D eigenvalue weighted by Gasteiger charge is 2.19. The van der Waals surface area contributed by atoms with Crippen molar-refractivity contribution in [3.63, 3.8) is 0 Å². The van der Waals surface area contributed by atoms with Crippen LogP contribution in [0, 0.1) is 5.92 Å². The van der Waals surface area contributed by atoms with E-state index in [0.717, 1.165) is 13.1 Å². The molecule has 0 saturated carbocycles. The Labute approximate surface area is 74.5 Å². The van der Waals surface area contributed by atoms with Gasteiger partial charge in [0.1, 0.15) is 0 Å². The zero-order valence-corrected chi connectivity index (χ0v) is 8.01. The number of aliphatic hydroxyl groups is 1. The Kier molecular flexibility index (Phi) is 3.98. The quantitative estimate of drug-likeness (QED) is 0.557. The van der Waals surface area contributed by atoms with Gasteiger partial charge in [0.05, 0.1) is 6.61 Å². The highest BCUT2D eigenvalue weighted by molar-refractivity contribution is 4.82. The first-order chi connectivity index (χ1) is 5.74. The van der Waals surface area contributed by atoms with Crippen LogP contribution in [-0.2, 0) is 0 Å². The molecule has 1 fully saturated rings. The number of hydrogen-bond acceptors (Lipinski definition) is 3. The fourth-order valence-electron chi connectivity index (χ4n) is 1.56. The molecule has 0 aromatic rings. The van der Waals surface area contributed by atoms with Gasteiger partial charge in [0.15, 0.2) is 0 Å². The van der Waals surface area contributed by atoms with E-state index >= 15 is 0 Å². The molecule has 0 spiro atoms. The van der Waals surface area contributed by atoms with Crippen LogP contribution in [0.1, 0.15) is 20.3 Å². The van der Waals surface area contributed by atoms with Crippen molar-refractivity contribution in [2.45, 2.75) is 32.4 Å². The molecule has 72 valence electrons. The van der Waals surface area contributed by atoms with E-state index in [0.29, 0.717) is 12.0 Å². The molecule has 1 aliphatic heterocycles. The Hall–Kier alpha value is -0.120. The predicted molar refractivity (Wildman–Crippen MR) is 50.1 cm³/mol. The standard InChI is InChI=1S/C9H20N2O/c1-7(2)9(6-12)11-8-3-4-10-5-8/h7-12H,3-6H2,1-2H3/t8?,9-/m1/s1. The van der Waals surface area contributed by atoms with Crippen LogP contribution in [0.4, 0.5) is 0 Å². The summed E-state index contributed by atoms with van der Waals surface area (Å²) in [6.07, 6.45) is 1.18. The molecule has 0 aliphatic carbocycles. The summed E-state index contributed by atoms with van der Waals surface area (Å²) in [6.45, 7) is 6.66. The minimum absolute atomic E-state index is 0.244. The predicted octanol–water partition coefficient (Wildman–Crippen LogP) is -0.0452. The summed E-state index contributed by atoms with van der Waals surface area (Å²) in [5.74, 6) is 0.510. The third kappa shape index (κ3) is 2.73. The van der Waals surface area contributed by atoms with Crippen LogP contribution in [0.2, 0.25) is 0 Å². The third-order valence-corrected chi connectivity index (χ3v) is 2.51. The molecule has 0 bridgehead atoms. The molecule has 1 rings (SSSR count). The first-order valence-corrected chi connectivity index (χ1v) is 4.81. The Morgan fingerprint density at radius 1 is 1.58 bits per heavy atom. The summed E-state index contributed by atoms with van der Waals surface area (Å²) < 4.78 is 0. The van der Waals surface area contributed by atoms with Crippen molar-refractivity contribution in [3.8, 4) is 0 Å². The molecule has 2 atom stereocenters. The SMILES string of the molecule is CC(C)[C@@H](CO)NC1CCNC1. The average Bonchev–Trinajstić information content (AvgIpc) is 2.51. The van der Waals surface area contributed by atoms with Crippen LogP contribution >= 0.6 is 0 Å². The lowest BCUT2D eigenvalue weighted by molar-refractivity contribution is 0.201. The summed E-state index contributed by atoms with van der Waals surface area (Å²) in [5, 5.41) is 15.8. The molecule has 3 nitrogen and oxygen atoms in total. The van der Waals surface area contributed by atoms with Gasteiger partial charge in [0, 0.05) is 18.6 Å². The smallest absolute Gasteiger partial charge is 0.0587 e. The Bertz CT molecular complexity index is 122. The fraction of sp³-hybridized carbons (Fsp3) is 1.00. The molecule has 1 heterocycles. The first-order valence-electron chi connectivity index (χ1n) is 4.81. The van der Waals surface area contributed by atoms with Crippen molar-refractivity contribution in [3.05, 3.63) is 0 Å². The van der Waals surface area contributed by atoms with Crippen LogP contribution in [0.5, 0.6) is 0 Å². The van der Waals surface area contributed by atoms with Crippen molar-refractivity contribution in [1.82, 2.24) is 10.6 Å². The van der Waals surface area contributed by atoms with Gasteiger partial charge in [-0.1, -0.05) is 13.8 Å². The van der Waals surface area contributed by atoms with E-state index in [2.05, 4.69) is 24.5 Å². The van der Waals surface area contributed by atoms with Crippen LogP contribution in [-0.4, -0.2) is 36.9 Å². The van der Waals surface area contributed by atoms with Crippen molar-refractivity contribution in [2.24, 2.45) is 5.92 Å². The lowest BCUT2D eigenvalue weighted by Gasteiger charge is -2.23. The van der Waals surface area contributed by atoms with E-state index in [1.165, 1.54) is 6.42 Å². The van der Waals surface area contributed by atoms with Gasteiger partial charge >= 0.3 is 0 Å². The summed E-state index contributed by atoms with van der Waals surface area (Å²) in [4.78, 5) is 0. The summed E-state index contributed by atoms with van der Waals surface area (Å²) in [7, 11) is 0. The number of nitrogens with one attached hydrogen (secondary N) is 2. The maximum Gasteiger partial charge on any atom is 0.0587 e. The monoisotopic (exact) mass is 172 g/mol. The maximum absolute atomic E-state index is 9.07. The highest BCUT2D eigenvalue weighted by atomic mass is 16.3. The highest BCUT2D eigenvalue weighted by Crippen LogP contribution is 2.05. The van der Waals surface area contributed by atoms with E-state index in [4.69, 9.17) is 5.11 Å². The number of aliphatic hydroxyl groups excluding tert-OH is 1. The lowest BCUT2D eigenvalue weighted by Crippen LogP contribution is -2.44. The molecular formula is C9H20N2O. The molecule has 0 radical (unpaired) electrons. The number of rotatable bonds is 4. The van der Waals surface area contributed by atoms with Gasteiger partial charge in [-0.25, -0.2) is 0 Å². The second kappa shape index (κ2) is 4.80. The van der Waals surface area contributed by atoms with Gasteiger partial charge in [-0.3, -0.25) is 0 Å². The second-order valence-corrected chi connectivity index (χ2v) is 3.89. The van der Waals surface area contributed by atoms with Crippen molar-refractivity contribution in [1.29, 1.82) is 0 Å². The second-order valence-electron chi connectivity index (χ2n) is 3.89. The van der Waals surface area contributed by atoms with Gasteiger partial charge in [0.2, 0.25) is 0 Å². The Morgan fingerprint density at radius 2 is 2.33 bits per heavy atom. The zero-order chi connectivity index (χ0) is 8.97. The molecular weight excluding hydrogens is 152 g/mol. The summed E-state index contributed by atoms with van der Waals surface area (Å²) in [5.41, 5.74) is 0. The molecule has 1 saturated heterocycles. The van der Waals surface area contributed by atoms with Crippen molar-refractivity contribution in [2.75, 3.05) is 19.7 Å². The first kappa shape index (κ1) is 9.96. The van der Waals surface area contributed by atoms with Crippen LogP contribution < -0.4 is 10.6 Å². The third-order valence-electron chi connectivity index (χ3n) is 2.51. The molecule has 3 N–H and O–H groups in total. The average molecular weight is 172 g/mol. The summed E-state index contributed by atoms with van der Waals surface area (Å²) in [6, 6.07) is 0.819. The van der Waals surface area contributed by atoms with Crippen molar-refractivity contribution >= 4 is 0 Å². The normalized spacial score (nSPS) is 26.5. The Balaban J connectivity index is 2.26. The minimum atomic E-state index is 0.244. The van der Waals surface area contributed by atoms with Gasteiger partial charge in [-0.05, 0) is 18.9 Å². The van der Waals surface area contributed by atoms with E-state index < -0.39 is 0 Å².